The number of hydrogen-bond acceptors (Lipinski definition) is 3. The van der Waals surface area contributed by atoms with Crippen molar-refractivity contribution in [2.24, 2.45) is 0 Å². The van der Waals surface area contributed by atoms with Crippen molar-refractivity contribution in [1.29, 1.82) is 0 Å². The van der Waals surface area contributed by atoms with Crippen LogP contribution in [0, 0.1) is 19.7 Å². The van der Waals surface area contributed by atoms with Crippen LogP contribution in [0.3, 0.4) is 0 Å². The summed E-state index contributed by atoms with van der Waals surface area (Å²) in [5, 5.41) is 7.52. The number of carbonyl (C=O) groups excluding carboxylic acids is 1. The second-order valence-electron chi connectivity index (χ2n) is 7.03. The highest BCUT2D eigenvalue weighted by Gasteiger charge is 2.21. The molecule has 146 valence electrons. The topological polar surface area (TPSA) is 50.2 Å². The van der Waals surface area contributed by atoms with E-state index in [0.29, 0.717) is 17.8 Å². The maximum Gasteiger partial charge on any atom is 0.255 e. The van der Waals surface area contributed by atoms with E-state index in [4.69, 9.17) is 0 Å². The van der Waals surface area contributed by atoms with Crippen LogP contribution in [-0.4, -0.2) is 41.2 Å². The molecule has 0 bridgehead atoms. The lowest BCUT2D eigenvalue weighted by Gasteiger charge is -2.25. The van der Waals surface area contributed by atoms with Crippen LogP contribution in [0.25, 0.3) is 5.69 Å². The Labute approximate surface area is 164 Å². The summed E-state index contributed by atoms with van der Waals surface area (Å²) in [6, 6.07) is 16.2. The lowest BCUT2D eigenvalue weighted by Crippen LogP contribution is -2.35. The molecule has 6 heteroatoms. The van der Waals surface area contributed by atoms with E-state index >= 15 is 0 Å². The van der Waals surface area contributed by atoms with E-state index in [0.717, 1.165) is 16.9 Å². The van der Waals surface area contributed by atoms with Gasteiger partial charge in [0.15, 0.2) is 0 Å². The first-order valence-corrected chi connectivity index (χ1v) is 9.20. The summed E-state index contributed by atoms with van der Waals surface area (Å²) < 4.78 is 14.9. The smallest absolute Gasteiger partial charge is 0.255 e. The largest absolute Gasteiger partial charge is 0.350 e. The van der Waals surface area contributed by atoms with Crippen LogP contribution >= 0.6 is 0 Å². The van der Waals surface area contributed by atoms with Gasteiger partial charge in [0.05, 0.1) is 28.7 Å². The van der Waals surface area contributed by atoms with Gasteiger partial charge in [0.1, 0.15) is 5.82 Å². The molecule has 1 amide bonds. The molecule has 1 N–H and O–H groups in total. The Kier molecular flexibility index (Phi) is 5.90. The van der Waals surface area contributed by atoms with Crippen molar-refractivity contribution in [3.8, 4) is 5.69 Å². The van der Waals surface area contributed by atoms with Crippen LogP contribution in [0.2, 0.25) is 0 Å². The van der Waals surface area contributed by atoms with Crippen LogP contribution in [0.5, 0.6) is 0 Å². The average molecular weight is 380 g/mol. The van der Waals surface area contributed by atoms with E-state index in [1.165, 1.54) is 12.1 Å². The molecule has 2 aromatic carbocycles. The van der Waals surface area contributed by atoms with Crippen molar-refractivity contribution in [2.75, 3.05) is 20.6 Å². The molecule has 1 unspecified atom stereocenters. The summed E-state index contributed by atoms with van der Waals surface area (Å²) >= 11 is 0. The molecule has 0 saturated heterocycles. The van der Waals surface area contributed by atoms with E-state index in [-0.39, 0.29) is 17.8 Å². The Bertz CT molecular complexity index is 949. The number of halogens is 1. The highest BCUT2D eigenvalue weighted by atomic mass is 19.1. The van der Waals surface area contributed by atoms with Crippen molar-refractivity contribution in [3.63, 3.8) is 0 Å². The molecule has 0 aliphatic carbocycles. The van der Waals surface area contributed by atoms with Gasteiger partial charge >= 0.3 is 0 Å². The third-order valence-corrected chi connectivity index (χ3v) is 4.85. The van der Waals surface area contributed by atoms with Gasteiger partial charge < -0.3 is 10.2 Å². The van der Waals surface area contributed by atoms with Crippen LogP contribution in [0.4, 0.5) is 4.39 Å². The normalized spacial score (nSPS) is 12.2. The molecule has 1 aromatic heterocycles. The quantitative estimate of drug-likeness (QED) is 0.710. The highest BCUT2D eigenvalue weighted by molar-refractivity contribution is 5.96. The first-order valence-electron chi connectivity index (χ1n) is 9.20. The number of amides is 1. The molecule has 28 heavy (non-hydrogen) atoms. The summed E-state index contributed by atoms with van der Waals surface area (Å²) in [5.41, 5.74) is 3.78. The van der Waals surface area contributed by atoms with Crippen LogP contribution in [-0.2, 0) is 0 Å². The van der Waals surface area contributed by atoms with Crippen molar-refractivity contribution in [2.45, 2.75) is 19.9 Å². The number of nitrogens with one attached hydrogen (secondary N) is 1. The Morgan fingerprint density at radius 3 is 2.36 bits per heavy atom. The molecule has 5 nitrogen and oxygen atoms in total. The molecule has 1 heterocycles. The van der Waals surface area contributed by atoms with E-state index in [1.54, 1.807) is 16.8 Å². The highest BCUT2D eigenvalue weighted by Crippen LogP contribution is 2.20. The van der Waals surface area contributed by atoms with Crippen molar-refractivity contribution in [1.82, 2.24) is 20.0 Å². The van der Waals surface area contributed by atoms with Gasteiger partial charge in [0.25, 0.3) is 5.91 Å². The standard InChI is InChI=1S/C22H25FN4O/c1-15-21(16(2)27(25-15)19-12-10-18(23)11-13-19)22(28)24-14-20(26(3)4)17-8-6-5-7-9-17/h5-13,20H,14H2,1-4H3,(H,24,28). The predicted octanol–water partition coefficient (Wildman–Crippen LogP) is 3.66. The van der Waals surface area contributed by atoms with Gasteiger partial charge in [0, 0.05) is 6.54 Å². The zero-order chi connectivity index (χ0) is 20.3. The fourth-order valence-corrected chi connectivity index (χ4v) is 3.36. The molecule has 0 aliphatic rings. The first kappa shape index (κ1) is 19.8. The minimum absolute atomic E-state index is 0.0675. The van der Waals surface area contributed by atoms with Gasteiger partial charge in [-0.1, -0.05) is 30.3 Å². The number of hydrogen-bond donors (Lipinski definition) is 1. The Morgan fingerprint density at radius 1 is 1.11 bits per heavy atom. The Morgan fingerprint density at radius 2 is 1.75 bits per heavy atom. The first-order chi connectivity index (χ1) is 13.4. The molecular formula is C22H25FN4O. The molecule has 0 aliphatic heterocycles. The molecule has 0 saturated carbocycles. The fourth-order valence-electron chi connectivity index (χ4n) is 3.36. The van der Waals surface area contributed by atoms with Crippen molar-refractivity contribution in [3.05, 3.63) is 82.9 Å². The van der Waals surface area contributed by atoms with Crippen molar-refractivity contribution >= 4 is 5.91 Å². The third kappa shape index (κ3) is 4.12. The molecule has 0 radical (unpaired) electrons. The van der Waals surface area contributed by atoms with E-state index in [2.05, 4.69) is 27.4 Å². The van der Waals surface area contributed by atoms with E-state index in [1.807, 2.05) is 46.1 Å². The minimum atomic E-state index is -0.307. The second kappa shape index (κ2) is 8.35. The molecule has 1 atom stereocenters. The predicted molar refractivity (Wildman–Crippen MR) is 108 cm³/mol. The summed E-state index contributed by atoms with van der Waals surface area (Å²) in [7, 11) is 3.99. The van der Waals surface area contributed by atoms with Crippen molar-refractivity contribution < 1.29 is 9.18 Å². The van der Waals surface area contributed by atoms with Gasteiger partial charge in [-0.05, 0) is 57.8 Å². The Balaban J connectivity index is 1.80. The summed E-state index contributed by atoms with van der Waals surface area (Å²) in [6.07, 6.45) is 0. The zero-order valence-electron chi connectivity index (χ0n) is 16.6. The maximum absolute atomic E-state index is 13.2. The number of benzene rings is 2. The van der Waals surface area contributed by atoms with Gasteiger partial charge in [-0.2, -0.15) is 5.10 Å². The lowest BCUT2D eigenvalue weighted by atomic mass is 10.1. The van der Waals surface area contributed by atoms with E-state index < -0.39 is 0 Å². The van der Waals surface area contributed by atoms with E-state index in [9.17, 15) is 9.18 Å². The number of likely N-dealkylation sites (N-methyl/N-ethyl adjacent to an activating group) is 1. The number of aromatic nitrogens is 2. The van der Waals surface area contributed by atoms with Crippen LogP contribution < -0.4 is 5.32 Å². The number of carbonyl (C=O) groups is 1. The van der Waals surface area contributed by atoms with Gasteiger partial charge in [-0.15, -0.1) is 0 Å². The molecule has 3 aromatic rings. The second-order valence-corrected chi connectivity index (χ2v) is 7.03. The summed E-state index contributed by atoms with van der Waals surface area (Å²) in [4.78, 5) is 15.0. The van der Waals surface area contributed by atoms with Gasteiger partial charge in [-0.25, -0.2) is 9.07 Å². The fraction of sp³-hybridized carbons (Fsp3) is 0.273. The zero-order valence-corrected chi connectivity index (χ0v) is 16.6. The summed E-state index contributed by atoms with van der Waals surface area (Å²) in [5.74, 6) is -0.468. The number of aryl methyl sites for hydroxylation is 1. The number of nitrogens with zero attached hydrogens (tertiary/aromatic N) is 3. The number of rotatable bonds is 6. The minimum Gasteiger partial charge on any atom is -0.350 e. The maximum atomic E-state index is 13.2. The van der Waals surface area contributed by atoms with Gasteiger partial charge in [-0.3, -0.25) is 4.79 Å². The molecule has 3 rings (SSSR count). The molecular weight excluding hydrogens is 355 g/mol. The summed E-state index contributed by atoms with van der Waals surface area (Å²) in [6.45, 7) is 4.14. The van der Waals surface area contributed by atoms with Crippen LogP contribution in [0.1, 0.15) is 33.4 Å². The molecule has 0 fully saturated rings. The lowest BCUT2D eigenvalue weighted by molar-refractivity contribution is 0.0940. The van der Waals surface area contributed by atoms with Gasteiger partial charge in [0.2, 0.25) is 0 Å². The Hall–Kier alpha value is -2.99. The monoisotopic (exact) mass is 380 g/mol. The average Bonchev–Trinajstić information content (AvgIpc) is 2.97. The molecule has 0 spiro atoms. The third-order valence-electron chi connectivity index (χ3n) is 4.85. The van der Waals surface area contributed by atoms with Crippen LogP contribution in [0.15, 0.2) is 54.6 Å². The SMILES string of the molecule is Cc1nn(-c2ccc(F)cc2)c(C)c1C(=O)NCC(c1ccccc1)N(C)C.